The van der Waals surface area contributed by atoms with Gasteiger partial charge in [0.05, 0.1) is 6.61 Å². The van der Waals surface area contributed by atoms with Crippen LogP contribution < -0.4 is 21.1 Å². The molecule has 2 amide bonds. The summed E-state index contributed by atoms with van der Waals surface area (Å²) in [6.07, 6.45) is 3.66. The van der Waals surface area contributed by atoms with E-state index in [0.29, 0.717) is 30.2 Å². The molecule has 5 N–H and O–H groups in total. The lowest BCUT2D eigenvalue weighted by atomic mass is 9.97. The summed E-state index contributed by atoms with van der Waals surface area (Å²) in [7, 11) is 1.46. The molecule has 2 aromatic rings. The molecule has 0 bridgehead atoms. The fourth-order valence-corrected chi connectivity index (χ4v) is 3.08. The number of carbonyl (C=O) groups excluding carboxylic acids is 2. The van der Waals surface area contributed by atoms with Crippen molar-refractivity contribution in [1.29, 1.82) is 0 Å². The number of rotatable bonds is 7. The number of aliphatic hydroxyl groups is 1. The number of amides is 2. The smallest absolute Gasteiger partial charge is 0.271 e. The SMILES string of the molecule is CN=C(C(=O)NC1(CO)CCNC1=O)c1cc(OCc2cccnc2)ccc1N. The van der Waals surface area contributed by atoms with E-state index in [1.54, 1.807) is 30.6 Å². The monoisotopic (exact) mass is 397 g/mol. The van der Waals surface area contributed by atoms with Gasteiger partial charge >= 0.3 is 0 Å². The Balaban J connectivity index is 1.79. The summed E-state index contributed by atoms with van der Waals surface area (Å²) in [5.41, 5.74) is 6.34. The van der Waals surface area contributed by atoms with Gasteiger partial charge in [0, 0.05) is 42.8 Å². The van der Waals surface area contributed by atoms with Gasteiger partial charge in [-0.25, -0.2) is 0 Å². The largest absolute Gasteiger partial charge is 0.489 e. The molecule has 2 heterocycles. The predicted octanol–water partition coefficient (Wildman–Crippen LogP) is 0.0289. The third kappa shape index (κ3) is 4.35. The van der Waals surface area contributed by atoms with Crippen LogP contribution in [-0.2, 0) is 16.2 Å². The van der Waals surface area contributed by atoms with Crippen molar-refractivity contribution in [2.45, 2.75) is 18.6 Å². The van der Waals surface area contributed by atoms with Crippen molar-refractivity contribution < 1.29 is 19.4 Å². The minimum atomic E-state index is -1.36. The average Bonchev–Trinajstić information content (AvgIpc) is 3.10. The molecular weight excluding hydrogens is 374 g/mol. The van der Waals surface area contributed by atoms with Crippen LogP contribution in [0.15, 0.2) is 47.7 Å². The summed E-state index contributed by atoms with van der Waals surface area (Å²) in [6, 6.07) is 8.64. The van der Waals surface area contributed by atoms with Gasteiger partial charge in [0.15, 0.2) is 0 Å². The lowest BCUT2D eigenvalue weighted by Gasteiger charge is -2.25. The van der Waals surface area contributed by atoms with E-state index in [1.807, 2.05) is 12.1 Å². The number of pyridine rings is 1. The summed E-state index contributed by atoms with van der Waals surface area (Å²) in [4.78, 5) is 33.0. The Hall–Kier alpha value is -3.46. The molecule has 1 aromatic heterocycles. The van der Waals surface area contributed by atoms with E-state index >= 15 is 0 Å². The van der Waals surface area contributed by atoms with Crippen LogP contribution in [0.1, 0.15) is 17.5 Å². The summed E-state index contributed by atoms with van der Waals surface area (Å²) < 4.78 is 5.77. The number of aromatic nitrogens is 1. The Morgan fingerprint density at radius 2 is 2.28 bits per heavy atom. The van der Waals surface area contributed by atoms with Crippen LogP contribution in [0.2, 0.25) is 0 Å². The lowest BCUT2D eigenvalue weighted by molar-refractivity contribution is -0.130. The van der Waals surface area contributed by atoms with Crippen molar-refractivity contribution in [3.05, 3.63) is 53.9 Å². The minimum Gasteiger partial charge on any atom is -0.489 e. The fraction of sp³-hybridized carbons (Fsp3) is 0.300. The maximum atomic E-state index is 12.8. The van der Waals surface area contributed by atoms with E-state index in [-0.39, 0.29) is 12.1 Å². The van der Waals surface area contributed by atoms with Crippen molar-refractivity contribution in [3.8, 4) is 5.75 Å². The maximum absolute atomic E-state index is 12.8. The van der Waals surface area contributed by atoms with Gasteiger partial charge < -0.3 is 26.2 Å². The van der Waals surface area contributed by atoms with Crippen molar-refractivity contribution in [1.82, 2.24) is 15.6 Å². The highest BCUT2D eigenvalue weighted by molar-refractivity contribution is 6.46. The van der Waals surface area contributed by atoms with Crippen molar-refractivity contribution >= 4 is 23.2 Å². The lowest BCUT2D eigenvalue weighted by Crippen LogP contribution is -2.57. The van der Waals surface area contributed by atoms with Crippen molar-refractivity contribution in [2.75, 3.05) is 25.9 Å². The van der Waals surface area contributed by atoms with E-state index in [1.165, 1.54) is 7.05 Å². The van der Waals surface area contributed by atoms with Crippen molar-refractivity contribution in [3.63, 3.8) is 0 Å². The Morgan fingerprint density at radius 3 is 2.90 bits per heavy atom. The zero-order valence-corrected chi connectivity index (χ0v) is 16.0. The van der Waals surface area contributed by atoms with Gasteiger partial charge in [0.25, 0.3) is 5.91 Å². The summed E-state index contributed by atoms with van der Waals surface area (Å²) in [5.74, 6) is -0.525. The molecule has 9 nitrogen and oxygen atoms in total. The van der Waals surface area contributed by atoms with Gasteiger partial charge in [-0.3, -0.25) is 19.6 Å². The molecule has 0 saturated carbocycles. The average molecular weight is 397 g/mol. The molecule has 3 rings (SSSR count). The zero-order chi connectivity index (χ0) is 20.9. The molecule has 0 spiro atoms. The summed E-state index contributed by atoms with van der Waals surface area (Å²) in [6.45, 7) is 0.166. The predicted molar refractivity (Wildman–Crippen MR) is 107 cm³/mol. The Kier molecular flexibility index (Phi) is 6.08. The number of nitrogens with two attached hydrogens (primary N) is 1. The van der Waals surface area contributed by atoms with Crippen molar-refractivity contribution in [2.24, 2.45) is 4.99 Å². The molecule has 0 aliphatic carbocycles. The molecule has 1 saturated heterocycles. The third-order valence-electron chi connectivity index (χ3n) is 4.74. The Morgan fingerprint density at radius 1 is 1.45 bits per heavy atom. The van der Waals surface area contributed by atoms with Crippen LogP contribution in [0.3, 0.4) is 0 Å². The van der Waals surface area contributed by atoms with Gasteiger partial charge in [-0.2, -0.15) is 0 Å². The highest BCUT2D eigenvalue weighted by Gasteiger charge is 2.44. The molecular formula is C20H23N5O4. The number of aliphatic imine (C=N–C) groups is 1. The van der Waals surface area contributed by atoms with Gasteiger partial charge in [0.1, 0.15) is 23.6 Å². The van der Waals surface area contributed by atoms with E-state index in [0.717, 1.165) is 5.56 Å². The second-order valence-corrected chi connectivity index (χ2v) is 6.67. The van der Waals surface area contributed by atoms with Crippen LogP contribution in [0.25, 0.3) is 0 Å². The van der Waals surface area contributed by atoms with Crippen LogP contribution in [-0.4, -0.2) is 53.4 Å². The number of ether oxygens (including phenoxy) is 1. The number of aliphatic hydroxyl groups excluding tert-OH is 1. The molecule has 1 unspecified atom stereocenters. The first-order valence-corrected chi connectivity index (χ1v) is 9.09. The van der Waals surface area contributed by atoms with E-state index in [4.69, 9.17) is 10.5 Å². The molecule has 9 heteroatoms. The molecule has 0 radical (unpaired) electrons. The first-order chi connectivity index (χ1) is 14.0. The highest BCUT2D eigenvalue weighted by Crippen LogP contribution is 2.23. The summed E-state index contributed by atoms with van der Waals surface area (Å²) in [5, 5.41) is 14.9. The van der Waals surface area contributed by atoms with Crippen LogP contribution >= 0.6 is 0 Å². The number of carbonyl (C=O) groups is 2. The quantitative estimate of drug-likeness (QED) is 0.384. The molecule has 1 fully saturated rings. The standard InChI is InChI=1S/C20H23N5O4/c1-22-17(18(27)25-20(12-26)6-8-24-19(20)28)15-9-14(4-5-16(15)21)29-11-13-3-2-7-23-10-13/h2-5,7,9-10,26H,6,8,11-12,21H2,1H3,(H,24,28)(H,25,27). The summed E-state index contributed by atoms with van der Waals surface area (Å²) >= 11 is 0. The van der Waals surface area contributed by atoms with Gasteiger partial charge in [-0.1, -0.05) is 6.07 Å². The second kappa shape index (κ2) is 8.70. The van der Waals surface area contributed by atoms with E-state index in [2.05, 4.69) is 20.6 Å². The first-order valence-electron chi connectivity index (χ1n) is 9.09. The topological polar surface area (TPSA) is 139 Å². The normalized spacial score (nSPS) is 19.0. The molecule has 1 atom stereocenters. The van der Waals surface area contributed by atoms with E-state index in [9.17, 15) is 14.7 Å². The minimum absolute atomic E-state index is 0.0434. The number of hydrogen-bond donors (Lipinski definition) is 4. The highest BCUT2D eigenvalue weighted by atomic mass is 16.5. The Labute approximate surface area is 168 Å². The Bertz CT molecular complexity index is 932. The molecule has 29 heavy (non-hydrogen) atoms. The number of anilines is 1. The number of benzene rings is 1. The van der Waals surface area contributed by atoms with Crippen LogP contribution in [0.4, 0.5) is 5.69 Å². The second-order valence-electron chi connectivity index (χ2n) is 6.67. The molecule has 1 aliphatic heterocycles. The zero-order valence-electron chi connectivity index (χ0n) is 16.0. The van der Waals surface area contributed by atoms with E-state index < -0.39 is 24.0 Å². The molecule has 1 aromatic carbocycles. The molecule has 1 aliphatic rings. The number of nitrogens with zero attached hydrogens (tertiary/aromatic N) is 2. The molecule has 152 valence electrons. The fourth-order valence-electron chi connectivity index (χ4n) is 3.08. The maximum Gasteiger partial charge on any atom is 0.271 e. The number of nitrogens with one attached hydrogen (secondary N) is 2. The van der Waals surface area contributed by atoms with Gasteiger partial charge in [-0.05, 0) is 30.7 Å². The third-order valence-corrected chi connectivity index (χ3v) is 4.74. The van der Waals surface area contributed by atoms with Crippen LogP contribution in [0, 0.1) is 0 Å². The van der Waals surface area contributed by atoms with Gasteiger partial charge in [-0.15, -0.1) is 0 Å². The van der Waals surface area contributed by atoms with Gasteiger partial charge in [0.2, 0.25) is 5.91 Å². The number of hydrogen-bond acceptors (Lipinski definition) is 7. The van der Waals surface area contributed by atoms with Crippen LogP contribution in [0.5, 0.6) is 5.75 Å². The number of nitrogen functional groups attached to an aromatic ring is 1. The first kappa shape index (κ1) is 20.3.